The van der Waals surface area contributed by atoms with Crippen LogP contribution in [0.3, 0.4) is 0 Å². The van der Waals surface area contributed by atoms with Crippen molar-refractivity contribution < 1.29 is 5.11 Å². The quantitative estimate of drug-likeness (QED) is 0.938. The van der Waals surface area contributed by atoms with E-state index in [9.17, 15) is 5.11 Å². The lowest BCUT2D eigenvalue weighted by Crippen LogP contribution is -2.22. The van der Waals surface area contributed by atoms with Gasteiger partial charge in [-0.1, -0.05) is 18.2 Å². The van der Waals surface area contributed by atoms with Crippen LogP contribution < -0.4 is 0 Å². The number of benzene rings is 1. The smallest absolute Gasteiger partial charge is 0.128 e. The van der Waals surface area contributed by atoms with E-state index >= 15 is 0 Å². The summed E-state index contributed by atoms with van der Waals surface area (Å²) in [6, 6.07) is 8.13. The van der Waals surface area contributed by atoms with Crippen molar-refractivity contribution in [1.29, 1.82) is 0 Å². The van der Waals surface area contributed by atoms with Gasteiger partial charge in [-0.05, 0) is 66.4 Å². The van der Waals surface area contributed by atoms with E-state index in [1.54, 1.807) is 13.8 Å². The van der Waals surface area contributed by atoms with Crippen molar-refractivity contribution in [3.05, 3.63) is 51.3 Å². The monoisotopic (exact) mass is 322 g/mol. The summed E-state index contributed by atoms with van der Waals surface area (Å²) in [5.41, 5.74) is 3.64. The van der Waals surface area contributed by atoms with Gasteiger partial charge in [0.25, 0.3) is 0 Å². The standard InChI is InChI=1S/C15H19BrN2O/c1-10-6-5-7-11(2)12(10)9-18-13(15(3,4)19)8-14(16)17-18/h5-8,19H,9H2,1-4H3. The summed E-state index contributed by atoms with van der Waals surface area (Å²) in [5, 5.41) is 14.6. The molecule has 0 atom stereocenters. The lowest BCUT2D eigenvalue weighted by molar-refractivity contribution is 0.0688. The predicted molar refractivity (Wildman–Crippen MR) is 80.2 cm³/mol. The van der Waals surface area contributed by atoms with Crippen LogP contribution in [0, 0.1) is 13.8 Å². The highest BCUT2D eigenvalue weighted by atomic mass is 79.9. The summed E-state index contributed by atoms with van der Waals surface area (Å²) >= 11 is 3.38. The van der Waals surface area contributed by atoms with Crippen molar-refractivity contribution >= 4 is 15.9 Å². The zero-order valence-electron chi connectivity index (χ0n) is 11.7. The molecule has 0 bridgehead atoms. The highest BCUT2D eigenvalue weighted by Crippen LogP contribution is 2.25. The minimum absolute atomic E-state index is 0.670. The number of aromatic nitrogens is 2. The predicted octanol–water partition coefficient (Wildman–Crippen LogP) is 3.54. The third-order valence-corrected chi connectivity index (χ3v) is 3.72. The van der Waals surface area contributed by atoms with Gasteiger partial charge in [0.15, 0.2) is 0 Å². The molecule has 0 saturated carbocycles. The Kier molecular flexibility index (Phi) is 3.83. The Morgan fingerprint density at radius 3 is 2.37 bits per heavy atom. The van der Waals surface area contributed by atoms with Crippen molar-refractivity contribution in [2.45, 2.75) is 39.8 Å². The van der Waals surface area contributed by atoms with E-state index in [2.05, 4.69) is 53.1 Å². The zero-order chi connectivity index (χ0) is 14.2. The van der Waals surface area contributed by atoms with Gasteiger partial charge in [0, 0.05) is 0 Å². The molecule has 2 aromatic rings. The van der Waals surface area contributed by atoms with Crippen LogP contribution in [0.5, 0.6) is 0 Å². The van der Waals surface area contributed by atoms with Gasteiger partial charge in [0.2, 0.25) is 0 Å². The molecule has 1 aromatic carbocycles. The fourth-order valence-electron chi connectivity index (χ4n) is 2.25. The van der Waals surface area contributed by atoms with Gasteiger partial charge in [-0.2, -0.15) is 5.10 Å². The number of aliphatic hydroxyl groups is 1. The van der Waals surface area contributed by atoms with Crippen molar-refractivity contribution in [2.24, 2.45) is 0 Å². The molecule has 0 amide bonds. The molecule has 1 aromatic heterocycles. The summed E-state index contributed by atoms with van der Waals surface area (Å²) < 4.78 is 2.61. The van der Waals surface area contributed by atoms with E-state index in [4.69, 9.17) is 0 Å². The van der Waals surface area contributed by atoms with E-state index in [1.165, 1.54) is 16.7 Å². The highest BCUT2D eigenvalue weighted by molar-refractivity contribution is 9.10. The Labute approximate surface area is 122 Å². The SMILES string of the molecule is Cc1cccc(C)c1Cn1nc(Br)cc1C(C)(C)O. The average molecular weight is 323 g/mol. The minimum Gasteiger partial charge on any atom is -0.384 e. The largest absolute Gasteiger partial charge is 0.384 e. The molecule has 0 unspecified atom stereocenters. The van der Waals surface area contributed by atoms with Crippen molar-refractivity contribution in [1.82, 2.24) is 9.78 Å². The molecule has 1 N–H and O–H groups in total. The van der Waals surface area contributed by atoms with Crippen molar-refractivity contribution in [2.75, 3.05) is 0 Å². The van der Waals surface area contributed by atoms with Crippen LogP contribution in [0.25, 0.3) is 0 Å². The molecule has 3 nitrogen and oxygen atoms in total. The fraction of sp³-hybridized carbons (Fsp3) is 0.400. The van der Waals surface area contributed by atoms with Crippen LogP contribution in [0.1, 0.15) is 36.2 Å². The van der Waals surface area contributed by atoms with Gasteiger partial charge in [-0.25, -0.2) is 0 Å². The van der Waals surface area contributed by atoms with Gasteiger partial charge in [-0.3, -0.25) is 4.68 Å². The fourth-order valence-corrected chi connectivity index (χ4v) is 2.65. The molecule has 2 rings (SSSR count). The Balaban J connectivity index is 2.45. The molecular formula is C15H19BrN2O. The summed E-state index contributed by atoms with van der Waals surface area (Å²) in [6.07, 6.45) is 0. The van der Waals surface area contributed by atoms with Gasteiger partial charge in [-0.15, -0.1) is 0 Å². The Morgan fingerprint density at radius 1 is 1.26 bits per heavy atom. The molecule has 1 heterocycles. The molecule has 0 aliphatic carbocycles. The van der Waals surface area contributed by atoms with E-state index in [-0.39, 0.29) is 0 Å². The molecule has 4 heteroatoms. The van der Waals surface area contributed by atoms with E-state index in [1.807, 2.05) is 10.7 Å². The van der Waals surface area contributed by atoms with E-state index in [0.29, 0.717) is 6.54 Å². The number of aryl methyl sites for hydroxylation is 2. The molecule has 19 heavy (non-hydrogen) atoms. The third kappa shape index (κ3) is 3.07. The summed E-state index contributed by atoms with van der Waals surface area (Å²) in [4.78, 5) is 0. The molecule has 0 fully saturated rings. The first-order valence-electron chi connectivity index (χ1n) is 6.30. The van der Waals surface area contributed by atoms with E-state index < -0.39 is 5.60 Å². The van der Waals surface area contributed by atoms with Gasteiger partial charge in [0.1, 0.15) is 10.2 Å². The Morgan fingerprint density at radius 2 is 1.84 bits per heavy atom. The van der Waals surface area contributed by atoms with E-state index in [0.717, 1.165) is 10.3 Å². The summed E-state index contributed by atoms with van der Waals surface area (Å²) in [6.45, 7) is 8.42. The Bertz CT molecular complexity index is 576. The van der Waals surface area contributed by atoms with Gasteiger partial charge >= 0.3 is 0 Å². The van der Waals surface area contributed by atoms with Crippen molar-refractivity contribution in [3.63, 3.8) is 0 Å². The second-order valence-corrected chi connectivity index (χ2v) is 6.25. The van der Waals surface area contributed by atoms with Crippen LogP contribution in [-0.4, -0.2) is 14.9 Å². The average Bonchev–Trinajstić information content (AvgIpc) is 2.65. The van der Waals surface area contributed by atoms with Crippen LogP contribution >= 0.6 is 15.9 Å². The zero-order valence-corrected chi connectivity index (χ0v) is 13.3. The molecule has 0 aliphatic rings. The maximum atomic E-state index is 10.2. The molecular weight excluding hydrogens is 304 g/mol. The van der Waals surface area contributed by atoms with Crippen molar-refractivity contribution in [3.8, 4) is 0 Å². The first-order valence-corrected chi connectivity index (χ1v) is 7.09. The first kappa shape index (κ1) is 14.3. The first-order chi connectivity index (χ1) is 8.79. The number of rotatable bonds is 3. The minimum atomic E-state index is -0.907. The third-order valence-electron chi connectivity index (χ3n) is 3.33. The summed E-state index contributed by atoms with van der Waals surface area (Å²) in [5.74, 6) is 0. The second kappa shape index (κ2) is 5.10. The molecule has 0 saturated heterocycles. The molecule has 0 aliphatic heterocycles. The lowest BCUT2D eigenvalue weighted by atomic mass is 10.0. The van der Waals surface area contributed by atoms with Crippen LogP contribution in [0.4, 0.5) is 0 Å². The van der Waals surface area contributed by atoms with Crippen LogP contribution in [0.2, 0.25) is 0 Å². The number of nitrogens with zero attached hydrogens (tertiary/aromatic N) is 2. The second-order valence-electron chi connectivity index (χ2n) is 5.44. The maximum absolute atomic E-state index is 10.2. The number of halogens is 1. The number of hydrogen-bond acceptors (Lipinski definition) is 2. The normalized spacial score (nSPS) is 11.9. The molecule has 0 radical (unpaired) electrons. The van der Waals surface area contributed by atoms with Gasteiger partial charge < -0.3 is 5.11 Å². The van der Waals surface area contributed by atoms with Crippen LogP contribution in [0.15, 0.2) is 28.9 Å². The summed E-state index contributed by atoms with van der Waals surface area (Å²) in [7, 11) is 0. The topological polar surface area (TPSA) is 38.0 Å². The highest BCUT2D eigenvalue weighted by Gasteiger charge is 2.23. The maximum Gasteiger partial charge on any atom is 0.128 e. The lowest BCUT2D eigenvalue weighted by Gasteiger charge is -2.20. The number of hydrogen-bond donors (Lipinski definition) is 1. The molecule has 102 valence electrons. The molecule has 0 spiro atoms. The van der Waals surface area contributed by atoms with Crippen LogP contribution in [-0.2, 0) is 12.1 Å². The van der Waals surface area contributed by atoms with Gasteiger partial charge in [0.05, 0.1) is 12.2 Å². The Hall–Kier alpha value is -1.13.